The summed E-state index contributed by atoms with van der Waals surface area (Å²) in [5.41, 5.74) is 1.53. The second-order valence-electron chi connectivity index (χ2n) is 7.62. The van der Waals surface area contributed by atoms with Crippen LogP contribution in [0.25, 0.3) is 0 Å². The Labute approximate surface area is 180 Å². The summed E-state index contributed by atoms with van der Waals surface area (Å²) in [7, 11) is 0. The Balaban J connectivity index is 1.26. The van der Waals surface area contributed by atoms with Gasteiger partial charge in [0.05, 0.1) is 0 Å². The smallest absolute Gasteiger partial charge is 0.273 e. The summed E-state index contributed by atoms with van der Waals surface area (Å²) in [6, 6.07) is 17.9. The van der Waals surface area contributed by atoms with E-state index in [1.165, 1.54) is 6.42 Å². The second kappa shape index (κ2) is 9.93. The first-order chi connectivity index (χ1) is 15.2. The van der Waals surface area contributed by atoms with Crippen molar-refractivity contribution in [3.05, 3.63) is 77.7 Å². The van der Waals surface area contributed by atoms with E-state index in [4.69, 9.17) is 9.26 Å². The Bertz CT molecular complexity index is 1010. The van der Waals surface area contributed by atoms with E-state index in [9.17, 15) is 9.59 Å². The number of nitrogens with zero attached hydrogens (tertiary/aromatic N) is 1. The third kappa shape index (κ3) is 5.72. The minimum atomic E-state index is -0.208. The molecule has 0 aliphatic heterocycles. The quantitative estimate of drug-likeness (QED) is 0.585. The predicted molar refractivity (Wildman–Crippen MR) is 116 cm³/mol. The number of aromatic nitrogens is 1. The highest BCUT2D eigenvalue weighted by molar-refractivity contribution is 6.04. The summed E-state index contributed by atoms with van der Waals surface area (Å²) in [5, 5.41) is 9.71. The first kappa shape index (κ1) is 20.7. The minimum absolute atomic E-state index is 0.152. The average molecular weight is 419 g/mol. The molecule has 2 N–H and O–H groups in total. The van der Waals surface area contributed by atoms with Gasteiger partial charge in [-0.05, 0) is 49.2 Å². The van der Waals surface area contributed by atoms with Gasteiger partial charge < -0.3 is 19.9 Å². The van der Waals surface area contributed by atoms with Gasteiger partial charge in [-0.2, -0.15) is 0 Å². The van der Waals surface area contributed by atoms with Crippen LogP contribution < -0.4 is 15.4 Å². The SMILES string of the molecule is O=C(Nc1ccc(OCc2cc(C(=O)NC3CCCCC3)no2)cc1)c1ccccc1. The van der Waals surface area contributed by atoms with Crippen LogP contribution in [-0.4, -0.2) is 23.0 Å². The van der Waals surface area contributed by atoms with Crippen molar-refractivity contribution in [2.24, 2.45) is 0 Å². The van der Waals surface area contributed by atoms with Gasteiger partial charge in [0.25, 0.3) is 11.8 Å². The molecule has 160 valence electrons. The van der Waals surface area contributed by atoms with Crippen molar-refractivity contribution in [1.29, 1.82) is 0 Å². The van der Waals surface area contributed by atoms with Crippen molar-refractivity contribution in [3.8, 4) is 5.75 Å². The second-order valence-corrected chi connectivity index (χ2v) is 7.62. The number of hydrogen-bond acceptors (Lipinski definition) is 5. The summed E-state index contributed by atoms with van der Waals surface area (Å²) < 4.78 is 10.9. The van der Waals surface area contributed by atoms with Gasteiger partial charge in [-0.3, -0.25) is 9.59 Å². The summed E-state index contributed by atoms with van der Waals surface area (Å²) in [4.78, 5) is 24.5. The Morgan fingerprint density at radius 1 is 0.968 bits per heavy atom. The number of rotatable bonds is 7. The third-order valence-corrected chi connectivity index (χ3v) is 5.26. The Kier molecular flexibility index (Phi) is 6.62. The van der Waals surface area contributed by atoms with E-state index in [1.54, 1.807) is 42.5 Å². The number of carbonyl (C=O) groups excluding carboxylic acids is 2. The highest BCUT2D eigenvalue weighted by Gasteiger charge is 2.19. The fraction of sp³-hybridized carbons (Fsp3) is 0.292. The van der Waals surface area contributed by atoms with E-state index in [1.807, 2.05) is 18.2 Å². The summed E-state index contributed by atoms with van der Waals surface area (Å²) >= 11 is 0. The van der Waals surface area contributed by atoms with Gasteiger partial charge in [0.2, 0.25) is 0 Å². The summed E-state index contributed by atoms with van der Waals surface area (Å²) in [6.07, 6.45) is 5.57. The van der Waals surface area contributed by atoms with Crippen LogP contribution in [0.2, 0.25) is 0 Å². The van der Waals surface area contributed by atoms with E-state index in [0.717, 1.165) is 25.7 Å². The van der Waals surface area contributed by atoms with Crippen LogP contribution in [0.4, 0.5) is 5.69 Å². The van der Waals surface area contributed by atoms with Crippen LogP contribution >= 0.6 is 0 Å². The molecule has 7 nitrogen and oxygen atoms in total. The molecule has 4 rings (SSSR count). The van der Waals surface area contributed by atoms with Crippen molar-refractivity contribution in [2.45, 2.75) is 44.8 Å². The first-order valence-electron chi connectivity index (χ1n) is 10.5. The lowest BCUT2D eigenvalue weighted by atomic mass is 9.95. The third-order valence-electron chi connectivity index (χ3n) is 5.26. The molecule has 1 aliphatic carbocycles. The first-order valence-corrected chi connectivity index (χ1v) is 10.5. The lowest BCUT2D eigenvalue weighted by Crippen LogP contribution is -2.36. The van der Waals surface area contributed by atoms with Gasteiger partial charge in [0.15, 0.2) is 11.5 Å². The zero-order chi connectivity index (χ0) is 21.5. The van der Waals surface area contributed by atoms with Crippen LogP contribution in [0.3, 0.4) is 0 Å². The van der Waals surface area contributed by atoms with E-state index in [-0.39, 0.29) is 30.2 Å². The largest absolute Gasteiger partial charge is 0.486 e. The lowest BCUT2D eigenvalue weighted by Gasteiger charge is -2.22. The van der Waals surface area contributed by atoms with Crippen LogP contribution in [0.5, 0.6) is 5.75 Å². The maximum absolute atomic E-state index is 12.3. The molecule has 0 bridgehead atoms. The van der Waals surface area contributed by atoms with Crippen LogP contribution in [0.1, 0.15) is 58.7 Å². The van der Waals surface area contributed by atoms with Crippen molar-refractivity contribution >= 4 is 17.5 Å². The highest BCUT2D eigenvalue weighted by Crippen LogP contribution is 2.19. The zero-order valence-electron chi connectivity index (χ0n) is 17.2. The maximum Gasteiger partial charge on any atom is 0.273 e. The minimum Gasteiger partial charge on any atom is -0.486 e. The van der Waals surface area contributed by atoms with E-state index in [0.29, 0.717) is 22.8 Å². The number of hydrogen-bond donors (Lipinski definition) is 2. The van der Waals surface area contributed by atoms with Crippen molar-refractivity contribution < 1.29 is 18.8 Å². The molecule has 0 radical (unpaired) electrons. The van der Waals surface area contributed by atoms with Crippen LogP contribution in [-0.2, 0) is 6.61 Å². The topological polar surface area (TPSA) is 93.5 Å². The molecule has 1 saturated carbocycles. The van der Waals surface area contributed by atoms with Crippen molar-refractivity contribution in [1.82, 2.24) is 10.5 Å². The van der Waals surface area contributed by atoms with E-state index < -0.39 is 0 Å². The lowest BCUT2D eigenvalue weighted by molar-refractivity contribution is 0.0917. The van der Waals surface area contributed by atoms with Crippen LogP contribution in [0, 0.1) is 0 Å². The Morgan fingerprint density at radius 2 is 1.71 bits per heavy atom. The summed E-state index contributed by atoms with van der Waals surface area (Å²) in [5.74, 6) is 0.702. The molecule has 0 unspecified atom stereocenters. The normalized spacial score (nSPS) is 14.1. The molecule has 31 heavy (non-hydrogen) atoms. The molecule has 7 heteroatoms. The molecular formula is C24H25N3O4. The van der Waals surface area contributed by atoms with Gasteiger partial charge in [-0.25, -0.2) is 0 Å². The number of amides is 2. The number of ether oxygens (including phenoxy) is 1. The van der Waals surface area contributed by atoms with Crippen molar-refractivity contribution in [2.75, 3.05) is 5.32 Å². The molecule has 0 saturated heterocycles. The van der Waals surface area contributed by atoms with Crippen molar-refractivity contribution in [3.63, 3.8) is 0 Å². The number of carbonyl (C=O) groups is 2. The molecule has 1 aromatic heterocycles. The van der Waals surface area contributed by atoms with Gasteiger partial charge in [0.1, 0.15) is 12.4 Å². The monoisotopic (exact) mass is 419 g/mol. The summed E-state index contributed by atoms with van der Waals surface area (Å²) in [6.45, 7) is 0.152. The van der Waals surface area contributed by atoms with Gasteiger partial charge in [-0.15, -0.1) is 0 Å². The fourth-order valence-electron chi connectivity index (χ4n) is 3.58. The van der Waals surface area contributed by atoms with E-state index in [2.05, 4.69) is 15.8 Å². The molecule has 1 heterocycles. The van der Waals surface area contributed by atoms with Crippen LogP contribution in [0.15, 0.2) is 65.2 Å². The number of benzene rings is 2. The molecule has 3 aromatic rings. The maximum atomic E-state index is 12.3. The molecule has 1 fully saturated rings. The van der Waals surface area contributed by atoms with Gasteiger partial charge in [-0.1, -0.05) is 42.6 Å². The molecular weight excluding hydrogens is 394 g/mol. The molecule has 2 amide bonds. The Hall–Kier alpha value is -3.61. The standard InChI is InChI=1S/C24H25N3O4/c28-23(17-7-3-1-4-8-17)25-19-11-13-20(14-12-19)30-16-21-15-22(27-31-21)24(29)26-18-9-5-2-6-10-18/h1,3-4,7-8,11-15,18H,2,5-6,9-10,16H2,(H,25,28)(H,26,29). The zero-order valence-corrected chi connectivity index (χ0v) is 17.2. The molecule has 2 aromatic carbocycles. The van der Waals surface area contributed by atoms with Gasteiger partial charge in [0, 0.05) is 23.4 Å². The molecule has 0 spiro atoms. The Morgan fingerprint density at radius 3 is 2.45 bits per heavy atom. The number of nitrogens with one attached hydrogen (secondary N) is 2. The average Bonchev–Trinajstić information content (AvgIpc) is 3.29. The predicted octanol–water partition coefficient (Wildman–Crippen LogP) is 4.57. The molecule has 0 atom stereocenters. The highest BCUT2D eigenvalue weighted by atomic mass is 16.5. The fourth-order valence-corrected chi connectivity index (χ4v) is 3.58. The molecule has 1 aliphatic rings. The van der Waals surface area contributed by atoms with Gasteiger partial charge >= 0.3 is 0 Å². The number of anilines is 1. The van der Waals surface area contributed by atoms with E-state index >= 15 is 0 Å².